The molecule has 3 atom stereocenters. The molecule has 0 bridgehead atoms. The average molecular weight is 657 g/mol. The van der Waals surface area contributed by atoms with Crippen LogP contribution >= 0.6 is 0 Å². The van der Waals surface area contributed by atoms with E-state index in [-0.39, 0.29) is 0 Å². The van der Waals surface area contributed by atoms with Crippen LogP contribution in [0, 0.1) is 48.4 Å². The van der Waals surface area contributed by atoms with E-state index in [9.17, 15) is 15.3 Å². The molecule has 48 heavy (non-hydrogen) atoms. The number of unbranched alkanes of at least 4 members (excludes halogenated alkanes) is 21. The lowest BCUT2D eigenvalue weighted by atomic mass is 10.0. The molecule has 3 nitrogen and oxygen atoms in total. The largest absolute Gasteiger partial charge is 0.380 e. The van der Waals surface area contributed by atoms with Crippen LogP contribution in [0.25, 0.3) is 0 Å². The Labute approximate surface area is 296 Å². The number of allylic oxidation sites excluding steroid dienone is 7. The third kappa shape index (κ3) is 37.5. The lowest BCUT2D eigenvalue weighted by molar-refractivity contribution is 0.217. The summed E-state index contributed by atoms with van der Waals surface area (Å²) >= 11 is 0. The topological polar surface area (TPSA) is 60.7 Å². The first-order valence-electron chi connectivity index (χ1n) is 19.2. The average Bonchev–Trinajstić information content (AvgIpc) is 3.09. The van der Waals surface area contributed by atoms with Crippen LogP contribution in [0.5, 0.6) is 0 Å². The van der Waals surface area contributed by atoms with Gasteiger partial charge in [0.1, 0.15) is 12.2 Å². The highest BCUT2D eigenvalue weighted by Gasteiger charge is 1.98. The van der Waals surface area contributed by atoms with Gasteiger partial charge in [-0.1, -0.05) is 149 Å². The van der Waals surface area contributed by atoms with E-state index in [1.165, 1.54) is 96.3 Å². The molecule has 266 valence electrons. The van der Waals surface area contributed by atoms with Crippen molar-refractivity contribution in [1.82, 2.24) is 0 Å². The van der Waals surface area contributed by atoms with Crippen molar-refractivity contribution in [3.05, 3.63) is 48.6 Å². The maximum Gasteiger partial charge on any atom is 0.176 e. The van der Waals surface area contributed by atoms with Crippen molar-refractivity contribution in [2.45, 2.75) is 185 Å². The van der Waals surface area contributed by atoms with Crippen LogP contribution in [0.1, 0.15) is 167 Å². The number of rotatable bonds is 30. The maximum atomic E-state index is 9.87. The zero-order valence-corrected chi connectivity index (χ0v) is 30.2. The second-order valence-electron chi connectivity index (χ2n) is 12.7. The monoisotopic (exact) mass is 657 g/mol. The Bertz CT molecular complexity index is 1040. The summed E-state index contributed by atoms with van der Waals surface area (Å²) in [5.41, 5.74) is 0. The number of terminal acetylenes is 2. The minimum atomic E-state index is -0.886. The molecule has 0 aromatic heterocycles. The number of aliphatic hydroxyl groups excluding tert-OH is 3. The van der Waals surface area contributed by atoms with Crippen LogP contribution in [0.2, 0.25) is 0 Å². The number of hydrogen-bond donors (Lipinski definition) is 3. The zero-order valence-electron chi connectivity index (χ0n) is 30.2. The first kappa shape index (κ1) is 45.1. The van der Waals surface area contributed by atoms with Gasteiger partial charge in [-0.05, 0) is 95.6 Å². The first-order chi connectivity index (χ1) is 23.6. The van der Waals surface area contributed by atoms with Crippen molar-refractivity contribution >= 4 is 0 Å². The molecule has 0 fully saturated rings. The molecule has 0 saturated carbocycles. The fourth-order valence-corrected chi connectivity index (χ4v) is 5.22. The van der Waals surface area contributed by atoms with Gasteiger partial charge in [0.2, 0.25) is 0 Å². The fourth-order valence-electron chi connectivity index (χ4n) is 5.22. The lowest BCUT2D eigenvalue weighted by Gasteiger charge is -2.04. The molecule has 0 aliphatic heterocycles. The van der Waals surface area contributed by atoms with Crippen molar-refractivity contribution in [2.75, 3.05) is 0 Å². The van der Waals surface area contributed by atoms with Gasteiger partial charge < -0.3 is 15.3 Å². The molecule has 0 saturated heterocycles. The molecule has 0 aromatic carbocycles. The van der Waals surface area contributed by atoms with Gasteiger partial charge in [0, 0.05) is 6.42 Å². The Morgan fingerprint density at radius 3 is 1.48 bits per heavy atom. The molecule has 0 aliphatic rings. The highest BCUT2D eigenvalue weighted by Crippen LogP contribution is 2.14. The van der Waals surface area contributed by atoms with Crippen LogP contribution < -0.4 is 0 Å². The molecule has 0 spiro atoms. The molecule has 0 aliphatic carbocycles. The normalized spacial score (nSPS) is 13.3. The lowest BCUT2D eigenvalue weighted by Crippen LogP contribution is -2.01. The highest BCUT2D eigenvalue weighted by molar-refractivity contribution is 5.24. The van der Waals surface area contributed by atoms with Gasteiger partial charge >= 0.3 is 0 Å². The Morgan fingerprint density at radius 1 is 0.458 bits per heavy atom. The molecule has 3 unspecified atom stereocenters. The Kier molecular flexibility index (Phi) is 36.2. The van der Waals surface area contributed by atoms with E-state index < -0.39 is 18.3 Å². The van der Waals surface area contributed by atoms with Crippen molar-refractivity contribution < 1.29 is 15.3 Å². The summed E-state index contributed by atoms with van der Waals surface area (Å²) in [5, 5.41) is 28.5. The smallest absolute Gasteiger partial charge is 0.176 e. The third-order valence-electron chi connectivity index (χ3n) is 8.19. The van der Waals surface area contributed by atoms with Crippen LogP contribution in [0.3, 0.4) is 0 Å². The summed E-state index contributed by atoms with van der Waals surface area (Å²) < 4.78 is 0. The van der Waals surface area contributed by atoms with E-state index in [1.54, 1.807) is 6.08 Å². The maximum absolute atomic E-state index is 9.87. The van der Waals surface area contributed by atoms with E-state index in [1.807, 2.05) is 18.2 Å². The van der Waals surface area contributed by atoms with E-state index >= 15 is 0 Å². The first-order valence-corrected chi connectivity index (χ1v) is 19.2. The van der Waals surface area contributed by atoms with Crippen LogP contribution in [-0.2, 0) is 0 Å². The predicted molar refractivity (Wildman–Crippen MR) is 208 cm³/mol. The second kappa shape index (κ2) is 38.5. The van der Waals surface area contributed by atoms with Crippen LogP contribution in [0.4, 0.5) is 0 Å². The minimum Gasteiger partial charge on any atom is -0.380 e. The van der Waals surface area contributed by atoms with Gasteiger partial charge in [0.05, 0.1) is 0 Å². The van der Waals surface area contributed by atoms with Crippen LogP contribution in [-0.4, -0.2) is 33.6 Å². The molecular weight excluding hydrogens is 588 g/mol. The van der Waals surface area contributed by atoms with Crippen LogP contribution in [0.15, 0.2) is 48.6 Å². The third-order valence-corrected chi connectivity index (χ3v) is 8.19. The van der Waals surface area contributed by atoms with Crippen molar-refractivity contribution in [3.63, 3.8) is 0 Å². The van der Waals surface area contributed by atoms with Gasteiger partial charge in [-0.25, -0.2) is 0 Å². The molecule has 3 heteroatoms. The summed E-state index contributed by atoms with van der Waals surface area (Å²) in [5.74, 6) is 16.1. The Hall–Kier alpha value is -2.92. The van der Waals surface area contributed by atoms with Crippen molar-refractivity contribution in [1.29, 1.82) is 0 Å². The summed E-state index contributed by atoms with van der Waals surface area (Å²) in [7, 11) is 0. The molecule has 0 radical (unpaired) electrons. The molecular formula is C45H68O3. The Balaban J connectivity index is 3.47. The minimum absolute atomic E-state index is 0.546. The van der Waals surface area contributed by atoms with E-state index in [2.05, 4.69) is 59.8 Å². The summed E-state index contributed by atoms with van der Waals surface area (Å²) in [6.45, 7) is 0. The van der Waals surface area contributed by atoms with E-state index in [0.29, 0.717) is 0 Å². The SMILES string of the molecule is C#CC(O)C=CCCCCCCC#CC(O)C#CC=CCCC=CCCCCC=CCCCCCCCCCCCCCCC(O)C#C. The molecule has 0 heterocycles. The van der Waals surface area contributed by atoms with Crippen molar-refractivity contribution in [3.8, 4) is 48.4 Å². The molecule has 0 rings (SSSR count). The molecule has 0 amide bonds. The summed E-state index contributed by atoms with van der Waals surface area (Å²) in [6.07, 6.45) is 55.4. The quantitative estimate of drug-likeness (QED) is 0.0410. The van der Waals surface area contributed by atoms with E-state index in [0.717, 1.165) is 70.6 Å². The molecule has 0 aromatic rings. The van der Waals surface area contributed by atoms with Gasteiger partial charge in [-0.15, -0.1) is 12.8 Å². The fraction of sp³-hybridized carbons (Fsp3) is 0.644. The van der Waals surface area contributed by atoms with Gasteiger partial charge in [-0.2, -0.15) is 0 Å². The van der Waals surface area contributed by atoms with Gasteiger partial charge in [0.15, 0.2) is 6.10 Å². The predicted octanol–water partition coefficient (Wildman–Crippen LogP) is 10.7. The summed E-state index contributed by atoms with van der Waals surface area (Å²) in [4.78, 5) is 0. The summed E-state index contributed by atoms with van der Waals surface area (Å²) in [6, 6.07) is 0. The zero-order chi connectivity index (χ0) is 35.0. The number of aliphatic hydroxyl groups is 3. The number of hydrogen-bond acceptors (Lipinski definition) is 3. The van der Waals surface area contributed by atoms with Gasteiger partial charge in [-0.3, -0.25) is 0 Å². The van der Waals surface area contributed by atoms with Gasteiger partial charge in [0.25, 0.3) is 0 Å². The van der Waals surface area contributed by atoms with E-state index in [4.69, 9.17) is 12.8 Å². The van der Waals surface area contributed by atoms with Crippen molar-refractivity contribution in [2.24, 2.45) is 0 Å². The Morgan fingerprint density at radius 2 is 0.917 bits per heavy atom. The standard InChI is InChI=1S/C45H68O3/c1-3-43(46)39-35-31-27-23-21-19-17-15-13-11-9-7-5-6-8-10-12-14-16-18-20-22-24-29-33-37-41-45(48)42-38-34-30-26-25-28-32-36-40-44(47)4-2/h1-2,6,8,18,20,29,33,36,40,43-48H,5,7,9-17,19,21-28,30-32,34-35,39H2. The highest BCUT2D eigenvalue weighted by atomic mass is 16.3. The second-order valence-corrected chi connectivity index (χ2v) is 12.7. The molecule has 3 N–H and O–H groups in total.